The second-order valence-corrected chi connectivity index (χ2v) is 5.45. The van der Waals surface area contributed by atoms with Crippen molar-refractivity contribution in [1.82, 2.24) is 14.9 Å². The number of ether oxygens (including phenoxy) is 1. The van der Waals surface area contributed by atoms with Crippen LogP contribution in [0.5, 0.6) is 0 Å². The number of anilines is 1. The lowest BCUT2D eigenvalue weighted by atomic mass is 9.95. The van der Waals surface area contributed by atoms with Crippen LogP contribution in [0, 0.1) is 0 Å². The second-order valence-electron chi connectivity index (χ2n) is 5.45. The Balaban J connectivity index is 1.93. The van der Waals surface area contributed by atoms with E-state index in [0.29, 0.717) is 23.8 Å². The molecule has 0 bridgehead atoms. The largest absolute Gasteiger partial charge is 0.398 e. The smallest absolute Gasteiger partial charge is 0.184 e. The number of pyridine rings is 1. The van der Waals surface area contributed by atoms with Crippen molar-refractivity contribution in [2.24, 2.45) is 0 Å². The molecule has 4 N–H and O–H groups in total. The highest BCUT2D eigenvalue weighted by molar-refractivity contribution is 5.61. The van der Waals surface area contributed by atoms with Crippen LogP contribution in [0.1, 0.15) is 43.2 Å². The minimum Gasteiger partial charge on any atom is -0.398 e. The van der Waals surface area contributed by atoms with Crippen LogP contribution in [0.2, 0.25) is 0 Å². The highest BCUT2D eigenvalue weighted by Gasteiger charge is 2.19. The molecule has 1 aliphatic rings. The van der Waals surface area contributed by atoms with Crippen LogP contribution in [0.25, 0.3) is 5.52 Å². The number of fused-ring (bicyclic) bond motifs is 1. The molecule has 0 aromatic carbocycles. The standard InChI is InChI=1S/C15H22N4O2/c1-2-21-15(20)12-9-19-11(7-13(12)16)8-14(18-19)10-3-5-17-6-4-10/h7-10,15,17,20H,2-6,16H2,1H3. The van der Waals surface area contributed by atoms with Crippen molar-refractivity contribution in [3.05, 3.63) is 29.6 Å². The summed E-state index contributed by atoms with van der Waals surface area (Å²) in [4.78, 5) is 0. The summed E-state index contributed by atoms with van der Waals surface area (Å²) in [6, 6.07) is 3.93. The van der Waals surface area contributed by atoms with E-state index in [0.717, 1.165) is 37.1 Å². The number of rotatable bonds is 4. The van der Waals surface area contributed by atoms with Crippen LogP contribution in [-0.2, 0) is 4.74 Å². The third-order valence-corrected chi connectivity index (χ3v) is 4.03. The SMILES string of the molecule is CCOC(O)c1cn2nc(C3CCNCC3)cc2cc1N. The number of piperidine rings is 1. The first-order valence-electron chi connectivity index (χ1n) is 7.48. The molecule has 6 nitrogen and oxygen atoms in total. The van der Waals surface area contributed by atoms with Gasteiger partial charge in [-0.25, -0.2) is 4.52 Å². The number of aliphatic hydroxyl groups is 1. The Labute approximate surface area is 123 Å². The number of aliphatic hydroxyl groups excluding tert-OH is 1. The summed E-state index contributed by atoms with van der Waals surface area (Å²) in [6.07, 6.45) is 2.96. The number of nitrogens with one attached hydrogen (secondary N) is 1. The Morgan fingerprint density at radius 1 is 1.48 bits per heavy atom. The van der Waals surface area contributed by atoms with E-state index < -0.39 is 6.29 Å². The second kappa shape index (κ2) is 6.01. The lowest BCUT2D eigenvalue weighted by molar-refractivity contribution is -0.0977. The fraction of sp³-hybridized carbons (Fsp3) is 0.533. The van der Waals surface area contributed by atoms with E-state index in [-0.39, 0.29) is 0 Å². The molecule has 3 rings (SSSR count). The minimum atomic E-state index is -1.01. The molecule has 1 unspecified atom stereocenters. The van der Waals surface area contributed by atoms with E-state index in [1.54, 1.807) is 10.7 Å². The Kier molecular flexibility index (Phi) is 4.10. The van der Waals surface area contributed by atoms with E-state index in [1.807, 2.05) is 13.0 Å². The van der Waals surface area contributed by atoms with Crippen LogP contribution in [0.15, 0.2) is 18.3 Å². The quantitative estimate of drug-likeness (QED) is 0.741. The first-order chi connectivity index (χ1) is 10.2. The molecule has 3 heterocycles. The molecular weight excluding hydrogens is 268 g/mol. The molecule has 114 valence electrons. The Morgan fingerprint density at radius 2 is 2.24 bits per heavy atom. The third-order valence-electron chi connectivity index (χ3n) is 4.03. The molecule has 0 saturated carbocycles. The molecule has 0 spiro atoms. The van der Waals surface area contributed by atoms with E-state index in [4.69, 9.17) is 10.5 Å². The number of nitrogens with zero attached hydrogens (tertiary/aromatic N) is 2. The van der Waals surface area contributed by atoms with Crippen molar-refractivity contribution < 1.29 is 9.84 Å². The zero-order valence-electron chi connectivity index (χ0n) is 12.2. The van der Waals surface area contributed by atoms with Gasteiger partial charge in [-0.3, -0.25) is 0 Å². The van der Waals surface area contributed by atoms with Gasteiger partial charge in [-0.1, -0.05) is 0 Å². The molecule has 0 radical (unpaired) electrons. The Morgan fingerprint density at radius 3 is 2.95 bits per heavy atom. The van der Waals surface area contributed by atoms with E-state index in [1.165, 1.54) is 0 Å². The lowest BCUT2D eigenvalue weighted by Crippen LogP contribution is -2.26. The van der Waals surface area contributed by atoms with Gasteiger partial charge in [0.2, 0.25) is 0 Å². The molecule has 1 aliphatic heterocycles. The van der Waals surface area contributed by atoms with Crippen LogP contribution < -0.4 is 11.1 Å². The molecule has 2 aromatic heterocycles. The predicted octanol–water partition coefficient (Wildman–Crippen LogP) is 1.41. The fourth-order valence-electron chi connectivity index (χ4n) is 2.86. The Bertz CT molecular complexity index is 619. The van der Waals surface area contributed by atoms with Crippen molar-refractivity contribution >= 4 is 11.2 Å². The maximum Gasteiger partial charge on any atom is 0.184 e. The van der Waals surface area contributed by atoms with Gasteiger partial charge in [0.25, 0.3) is 0 Å². The van der Waals surface area contributed by atoms with Crippen LogP contribution in [0.4, 0.5) is 5.69 Å². The summed E-state index contributed by atoms with van der Waals surface area (Å²) in [5.74, 6) is 0.493. The highest BCUT2D eigenvalue weighted by atomic mass is 16.6. The van der Waals surface area contributed by atoms with Crippen molar-refractivity contribution in [3.8, 4) is 0 Å². The van der Waals surface area contributed by atoms with E-state index in [2.05, 4.69) is 16.5 Å². The molecular formula is C15H22N4O2. The summed E-state index contributed by atoms with van der Waals surface area (Å²) in [5, 5.41) is 18.0. The minimum absolute atomic E-state index is 0.429. The summed E-state index contributed by atoms with van der Waals surface area (Å²) in [6.45, 7) is 4.34. The summed E-state index contributed by atoms with van der Waals surface area (Å²) < 4.78 is 6.99. The number of nitrogens with two attached hydrogens (primary N) is 1. The first kappa shape index (κ1) is 14.3. The van der Waals surface area contributed by atoms with E-state index >= 15 is 0 Å². The van der Waals surface area contributed by atoms with Crippen molar-refractivity contribution in [1.29, 1.82) is 0 Å². The van der Waals surface area contributed by atoms with Crippen LogP contribution in [-0.4, -0.2) is 34.4 Å². The van der Waals surface area contributed by atoms with Gasteiger partial charge >= 0.3 is 0 Å². The van der Waals surface area contributed by atoms with Crippen molar-refractivity contribution in [2.75, 3.05) is 25.4 Å². The third kappa shape index (κ3) is 2.88. The van der Waals surface area contributed by atoms with Gasteiger partial charge in [0.05, 0.1) is 11.2 Å². The average molecular weight is 290 g/mol. The van der Waals surface area contributed by atoms with Gasteiger partial charge in [0, 0.05) is 30.0 Å². The number of hydrogen-bond donors (Lipinski definition) is 3. The summed E-state index contributed by atoms with van der Waals surface area (Å²) in [5.41, 5.74) is 9.15. The zero-order chi connectivity index (χ0) is 14.8. The topological polar surface area (TPSA) is 84.8 Å². The maximum atomic E-state index is 9.96. The molecule has 21 heavy (non-hydrogen) atoms. The van der Waals surface area contributed by atoms with Gasteiger partial charge in [0.1, 0.15) is 0 Å². The van der Waals surface area contributed by atoms with Crippen molar-refractivity contribution in [3.63, 3.8) is 0 Å². The van der Waals surface area contributed by atoms with Crippen molar-refractivity contribution in [2.45, 2.75) is 32.0 Å². The molecule has 0 amide bonds. The summed E-state index contributed by atoms with van der Waals surface area (Å²) >= 11 is 0. The van der Waals surface area contributed by atoms with Gasteiger partial charge in [-0.05, 0) is 45.0 Å². The normalized spacial score (nSPS) is 18.2. The highest BCUT2D eigenvalue weighted by Crippen LogP contribution is 2.28. The monoisotopic (exact) mass is 290 g/mol. The van der Waals surface area contributed by atoms with Crippen LogP contribution in [0.3, 0.4) is 0 Å². The van der Waals surface area contributed by atoms with Gasteiger partial charge in [-0.15, -0.1) is 0 Å². The van der Waals surface area contributed by atoms with Crippen LogP contribution >= 0.6 is 0 Å². The predicted molar refractivity (Wildman–Crippen MR) is 81.0 cm³/mol. The van der Waals surface area contributed by atoms with Gasteiger partial charge in [-0.2, -0.15) is 5.10 Å². The molecule has 6 heteroatoms. The van der Waals surface area contributed by atoms with E-state index in [9.17, 15) is 5.11 Å². The number of nitrogen functional groups attached to an aromatic ring is 1. The average Bonchev–Trinajstić information content (AvgIpc) is 2.90. The molecule has 1 saturated heterocycles. The molecule has 1 atom stereocenters. The maximum absolute atomic E-state index is 9.96. The fourth-order valence-corrected chi connectivity index (χ4v) is 2.86. The first-order valence-corrected chi connectivity index (χ1v) is 7.48. The lowest BCUT2D eigenvalue weighted by Gasteiger charge is -2.20. The molecule has 0 aliphatic carbocycles. The number of aromatic nitrogens is 2. The summed E-state index contributed by atoms with van der Waals surface area (Å²) in [7, 11) is 0. The Hall–Kier alpha value is -1.63. The molecule has 1 fully saturated rings. The van der Waals surface area contributed by atoms with Gasteiger partial charge < -0.3 is 20.9 Å². The number of hydrogen-bond acceptors (Lipinski definition) is 5. The molecule has 2 aromatic rings. The zero-order valence-corrected chi connectivity index (χ0v) is 12.2. The van der Waals surface area contributed by atoms with Gasteiger partial charge in [0.15, 0.2) is 6.29 Å².